The van der Waals surface area contributed by atoms with E-state index in [0.717, 1.165) is 49.0 Å². The number of benzene rings is 1. The van der Waals surface area contributed by atoms with Crippen molar-refractivity contribution in [1.29, 1.82) is 0 Å². The molecule has 1 amide bonds. The molecular formula is C31H35ClN4O6S2. The second kappa shape index (κ2) is 12.8. The maximum absolute atomic E-state index is 14.0. The average molecular weight is 659 g/mol. The molecule has 13 heteroatoms. The minimum Gasteiger partial charge on any atom is -0.477 e. The number of rotatable bonds is 7. The van der Waals surface area contributed by atoms with Gasteiger partial charge in [-0.25, -0.2) is 18.2 Å². The van der Waals surface area contributed by atoms with Crippen LogP contribution in [0.5, 0.6) is 0 Å². The summed E-state index contributed by atoms with van der Waals surface area (Å²) >= 11 is 7.17. The molecule has 2 aromatic heterocycles. The summed E-state index contributed by atoms with van der Waals surface area (Å²) < 4.78 is 34.6. The molecule has 2 atom stereocenters. The number of carbonyl (C=O) groups excluding carboxylic acids is 1. The molecular weight excluding hydrogens is 624 g/mol. The van der Waals surface area contributed by atoms with E-state index in [1.54, 1.807) is 35.2 Å². The highest BCUT2D eigenvalue weighted by Gasteiger charge is 2.44. The third-order valence-corrected chi connectivity index (χ3v) is 12.0. The van der Waals surface area contributed by atoms with Crippen molar-refractivity contribution in [3.8, 4) is 10.4 Å². The van der Waals surface area contributed by atoms with Gasteiger partial charge in [0.05, 0.1) is 37.5 Å². The van der Waals surface area contributed by atoms with E-state index in [4.69, 9.17) is 16.3 Å². The molecule has 3 aliphatic rings. The smallest absolute Gasteiger partial charge is 0.348 e. The van der Waals surface area contributed by atoms with E-state index in [1.807, 2.05) is 19.1 Å². The van der Waals surface area contributed by atoms with E-state index >= 15 is 0 Å². The Bertz CT molecular complexity index is 1620. The SMILES string of the molecule is CC1COCCN1c1ccc(S(=O)(=O)N2CC(=O)N(c3cc(-c4ccc(Cl)cc4)sc3C(=O)O)C(C3CCCCC3)C2)cn1. The summed E-state index contributed by atoms with van der Waals surface area (Å²) in [6, 6.07) is 11.7. The molecule has 2 aliphatic heterocycles. The van der Waals surface area contributed by atoms with Crippen molar-refractivity contribution in [2.75, 3.05) is 42.6 Å². The summed E-state index contributed by atoms with van der Waals surface area (Å²) in [5.74, 6) is -0.855. The number of nitrogens with zero attached hydrogens (tertiary/aromatic N) is 4. The van der Waals surface area contributed by atoms with Crippen LogP contribution in [0, 0.1) is 5.92 Å². The molecule has 2 saturated heterocycles. The summed E-state index contributed by atoms with van der Waals surface area (Å²) in [6.07, 6.45) is 6.08. The van der Waals surface area contributed by atoms with Gasteiger partial charge in [0.1, 0.15) is 15.6 Å². The van der Waals surface area contributed by atoms with Gasteiger partial charge in [-0.05, 0) is 61.6 Å². The molecule has 1 aliphatic carbocycles. The van der Waals surface area contributed by atoms with Crippen LogP contribution < -0.4 is 9.80 Å². The lowest BCUT2D eigenvalue weighted by atomic mass is 9.82. The van der Waals surface area contributed by atoms with E-state index in [0.29, 0.717) is 41.2 Å². The molecule has 234 valence electrons. The maximum atomic E-state index is 14.0. The van der Waals surface area contributed by atoms with E-state index in [-0.39, 0.29) is 34.8 Å². The Morgan fingerprint density at radius 1 is 1.11 bits per heavy atom. The molecule has 1 aromatic carbocycles. The number of morpholine rings is 1. The van der Waals surface area contributed by atoms with Crippen LogP contribution >= 0.6 is 22.9 Å². The van der Waals surface area contributed by atoms with Crippen molar-refractivity contribution in [3.63, 3.8) is 0 Å². The molecule has 3 aromatic rings. The highest BCUT2D eigenvalue weighted by Crippen LogP contribution is 2.42. The number of amides is 1. The van der Waals surface area contributed by atoms with Crippen LogP contribution in [0.2, 0.25) is 5.02 Å². The summed E-state index contributed by atoms with van der Waals surface area (Å²) in [5.41, 5.74) is 1.11. The fraction of sp³-hybridized carbons (Fsp3) is 0.452. The summed E-state index contributed by atoms with van der Waals surface area (Å²) in [5, 5.41) is 10.7. The van der Waals surface area contributed by atoms with Gasteiger partial charge in [0.25, 0.3) is 0 Å². The van der Waals surface area contributed by atoms with Gasteiger partial charge in [0.2, 0.25) is 15.9 Å². The quantitative estimate of drug-likeness (QED) is 0.360. The van der Waals surface area contributed by atoms with E-state index in [1.165, 1.54) is 10.5 Å². The Labute approximate surface area is 266 Å². The van der Waals surface area contributed by atoms with Crippen molar-refractivity contribution >= 4 is 56.3 Å². The number of sulfonamides is 1. The summed E-state index contributed by atoms with van der Waals surface area (Å²) in [6.45, 7) is 3.54. The van der Waals surface area contributed by atoms with Crippen LogP contribution in [0.1, 0.15) is 48.7 Å². The number of halogens is 1. The Hall–Kier alpha value is -3.03. The van der Waals surface area contributed by atoms with Crippen LogP contribution in [0.3, 0.4) is 0 Å². The Kier molecular flexibility index (Phi) is 8.98. The number of carboxylic acid groups (broad SMARTS) is 1. The topological polar surface area (TPSA) is 120 Å². The first-order valence-corrected chi connectivity index (χ1v) is 17.5. The van der Waals surface area contributed by atoms with Gasteiger partial charge in [-0.15, -0.1) is 11.3 Å². The van der Waals surface area contributed by atoms with Gasteiger partial charge < -0.3 is 19.6 Å². The summed E-state index contributed by atoms with van der Waals surface area (Å²) in [7, 11) is -4.05. The number of carboxylic acids is 1. The van der Waals surface area contributed by atoms with Crippen LogP contribution in [-0.4, -0.2) is 79.6 Å². The third-order valence-electron chi connectivity index (χ3n) is 8.81. The minimum absolute atomic E-state index is 0.0255. The van der Waals surface area contributed by atoms with Gasteiger partial charge in [0, 0.05) is 29.2 Å². The number of carbonyl (C=O) groups is 2. The van der Waals surface area contributed by atoms with Crippen molar-refractivity contribution in [3.05, 3.63) is 58.6 Å². The number of piperazine rings is 1. The molecule has 0 radical (unpaired) electrons. The highest BCUT2D eigenvalue weighted by atomic mass is 35.5. The molecule has 10 nitrogen and oxygen atoms in total. The summed E-state index contributed by atoms with van der Waals surface area (Å²) in [4.78, 5) is 35.3. The van der Waals surface area contributed by atoms with Gasteiger partial charge in [-0.1, -0.05) is 43.0 Å². The number of pyridine rings is 1. The zero-order valence-electron chi connectivity index (χ0n) is 24.4. The fourth-order valence-corrected chi connectivity index (χ4v) is 9.00. The Morgan fingerprint density at radius 2 is 1.86 bits per heavy atom. The van der Waals surface area contributed by atoms with Gasteiger partial charge in [-0.2, -0.15) is 4.31 Å². The molecule has 0 spiro atoms. The molecule has 2 unspecified atom stereocenters. The second-order valence-electron chi connectivity index (χ2n) is 11.6. The molecule has 1 saturated carbocycles. The van der Waals surface area contributed by atoms with Crippen LogP contribution in [-0.2, 0) is 19.6 Å². The average Bonchev–Trinajstić information content (AvgIpc) is 3.47. The van der Waals surface area contributed by atoms with Crippen molar-refractivity contribution in [2.24, 2.45) is 5.92 Å². The number of aromatic carboxylic acids is 1. The molecule has 3 fully saturated rings. The van der Waals surface area contributed by atoms with E-state index in [2.05, 4.69) is 9.88 Å². The lowest BCUT2D eigenvalue weighted by Crippen LogP contribution is -2.60. The standard InChI is InChI=1S/C31H35ClN4O6S2/c1-20-19-42-14-13-35(20)28-12-11-24(16-33-28)44(40,41)34-17-26(21-5-3-2-4-6-21)36(29(37)18-34)25-15-27(43-30(25)31(38)39)22-7-9-23(32)10-8-22/h7-12,15-16,20-21,26H,2-6,13-14,17-19H2,1H3,(H,38,39). The normalized spacial score (nSPS) is 22.4. The van der Waals surface area contributed by atoms with Gasteiger partial charge >= 0.3 is 5.97 Å². The first-order chi connectivity index (χ1) is 21.1. The molecule has 6 rings (SSSR count). The lowest BCUT2D eigenvalue weighted by Gasteiger charge is -2.44. The number of ether oxygens (including phenoxy) is 1. The lowest BCUT2D eigenvalue weighted by molar-refractivity contribution is -0.121. The monoisotopic (exact) mass is 658 g/mol. The Balaban J connectivity index is 1.32. The minimum atomic E-state index is -4.05. The molecule has 0 bridgehead atoms. The predicted molar refractivity (Wildman–Crippen MR) is 170 cm³/mol. The van der Waals surface area contributed by atoms with Crippen LogP contribution in [0.15, 0.2) is 53.6 Å². The van der Waals surface area contributed by atoms with E-state index < -0.39 is 27.9 Å². The predicted octanol–water partition coefficient (Wildman–Crippen LogP) is 5.37. The molecule has 4 heterocycles. The molecule has 44 heavy (non-hydrogen) atoms. The van der Waals surface area contributed by atoms with Crippen LogP contribution in [0.4, 0.5) is 11.5 Å². The van der Waals surface area contributed by atoms with Crippen molar-refractivity contribution < 1.29 is 27.9 Å². The number of thiophene rings is 1. The second-order valence-corrected chi connectivity index (χ2v) is 15.1. The number of hydrogen-bond donors (Lipinski definition) is 1. The highest BCUT2D eigenvalue weighted by molar-refractivity contribution is 7.89. The van der Waals surface area contributed by atoms with E-state index in [9.17, 15) is 23.1 Å². The van der Waals surface area contributed by atoms with Gasteiger partial charge in [-0.3, -0.25) is 4.79 Å². The van der Waals surface area contributed by atoms with Crippen molar-refractivity contribution in [2.45, 2.75) is 56.0 Å². The maximum Gasteiger partial charge on any atom is 0.348 e. The zero-order chi connectivity index (χ0) is 31.0. The first kappa shape index (κ1) is 31.0. The van der Waals surface area contributed by atoms with Crippen LogP contribution in [0.25, 0.3) is 10.4 Å². The Morgan fingerprint density at radius 3 is 2.52 bits per heavy atom. The number of hydrogen-bond acceptors (Lipinski definition) is 8. The third kappa shape index (κ3) is 6.10. The number of aromatic nitrogens is 1. The largest absolute Gasteiger partial charge is 0.477 e. The molecule has 1 N–H and O–H groups in total. The van der Waals surface area contributed by atoms with Gasteiger partial charge in [0.15, 0.2) is 0 Å². The fourth-order valence-electron chi connectivity index (χ4n) is 6.52. The number of anilines is 2. The van der Waals surface area contributed by atoms with Crippen molar-refractivity contribution in [1.82, 2.24) is 9.29 Å². The zero-order valence-corrected chi connectivity index (χ0v) is 26.8. The first-order valence-electron chi connectivity index (χ1n) is 14.9.